The lowest BCUT2D eigenvalue weighted by Gasteiger charge is -2.33. The molecule has 0 unspecified atom stereocenters. The molecule has 124 valence electrons. The first-order valence-electron chi connectivity index (χ1n) is 7.93. The van der Waals surface area contributed by atoms with Crippen LogP contribution < -0.4 is 5.69 Å². The van der Waals surface area contributed by atoms with Gasteiger partial charge < -0.3 is 9.88 Å². The summed E-state index contributed by atoms with van der Waals surface area (Å²) in [5, 5.41) is 1.98. The highest BCUT2D eigenvalue weighted by Gasteiger charge is 2.27. The van der Waals surface area contributed by atoms with Gasteiger partial charge in [0.1, 0.15) is 11.8 Å². The smallest absolute Gasteiger partial charge is 0.328 e. The fourth-order valence-corrected chi connectivity index (χ4v) is 3.98. The van der Waals surface area contributed by atoms with Gasteiger partial charge in [-0.3, -0.25) is 9.36 Å². The molecule has 0 aromatic carbocycles. The highest BCUT2D eigenvalue weighted by molar-refractivity contribution is 7.10. The van der Waals surface area contributed by atoms with Gasteiger partial charge in [-0.15, -0.1) is 11.3 Å². The number of carbonyl (C=O) groups excluding carboxylic acids is 1. The summed E-state index contributed by atoms with van der Waals surface area (Å²) in [6.07, 6.45) is 5.21. The van der Waals surface area contributed by atoms with E-state index in [0.717, 1.165) is 24.3 Å². The summed E-state index contributed by atoms with van der Waals surface area (Å²) in [4.78, 5) is 38.7. The third kappa shape index (κ3) is 2.73. The van der Waals surface area contributed by atoms with Crippen molar-refractivity contribution in [2.45, 2.75) is 25.3 Å². The maximum absolute atomic E-state index is 12.5. The molecule has 0 saturated carbocycles. The van der Waals surface area contributed by atoms with E-state index in [9.17, 15) is 9.59 Å². The zero-order valence-corrected chi connectivity index (χ0v) is 13.8. The lowest BCUT2D eigenvalue weighted by molar-refractivity contribution is -0.132. The Morgan fingerprint density at radius 1 is 1.46 bits per heavy atom. The second-order valence-corrected chi connectivity index (χ2v) is 6.98. The second-order valence-electron chi connectivity index (χ2n) is 5.95. The van der Waals surface area contributed by atoms with Gasteiger partial charge in [-0.25, -0.2) is 14.8 Å². The summed E-state index contributed by atoms with van der Waals surface area (Å²) >= 11 is 1.59. The van der Waals surface area contributed by atoms with Crippen molar-refractivity contribution in [3.63, 3.8) is 0 Å². The third-order valence-electron chi connectivity index (χ3n) is 4.40. The van der Waals surface area contributed by atoms with E-state index < -0.39 is 0 Å². The molecule has 4 rings (SSSR count). The topological polar surface area (TPSA) is 83.9 Å². The van der Waals surface area contributed by atoms with E-state index in [-0.39, 0.29) is 17.6 Å². The standard InChI is InChI=1S/C16H17N5O2S/c22-14(7-12-4-2-6-24-12)20-5-1-3-11(9-20)21-15-13(19-16(21)23)8-17-10-18-15/h2,4,6,8,10-11H,1,3,5,7,9H2,(H,19,23)/t11-/m1/s1. The molecule has 0 aliphatic carbocycles. The van der Waals surface area contributed by atoms with Crippen molar-refractivity contribution in [1.82, 2.24) is 24.4 Å². The van der Waals surface area contributed by atoms with Crippen LogP contribution in [0.1, 0.15) is 23.8 Å². The number of hydrogen-bond donors (Lipinski definition) is 1. The van der Waals surface area contributed by atoms with E-state index in [1.165, 1.54) is 6.33 Å². The summed E-state index contributed by atoms with van der Waals surface area (Å²) in [6, 6.07) is 3.88. The van der Waals surface area contributed by atoms with Crippen molar-refractivity contribution < 1.29 is 4.79 Å². The van der Waals surface area contributed by atoms with Gasteiger partial charge in [0.15, 0.2) is 5.65 Å². The molecule has 3 aromatic rings. The van der Waals surface area contributed by atoms with Crippen molar-refractivity contribution in [2.24, 2.45) is 0 Å². The molecule has 0 bridgehead atoms. The normalized spacial score (nSPS) is 18.2. The molecule has 4 heterocycles. The Morgan fingerprint density at radius 3 is 3.21 bits per heavy atom. The van der Waals surface area contributed by atoms with Crippen LogP contribution in [0.5, 0.6) is 0 Å². The Morgan fingerprint density at radius 2 is 2.38 bits per heavy atom. The van der Waals surface area contributed by atoms with Gasteiger partial charge >= 0.3 is 5.69 Å². The van der Waals surface area contributed by atoms with Crippen LogP contribution in [0.2, 0.25) is 0 Å². The fourth-order valence-electron chi connectivity index (χ4n) is 3.28. The van der Waals surface area contributed by atoms with Crippen LogP contribution in [0.3, 0.4) is 0 Å². The number of thiophene rings is 1. The Hall–Kier alpha value is -2.48. The lowest BCUT2D eigenvalue weighted by Crippen LogP contribution is -2.43. The predicted octanol–water partition coefficient (Wildman–Crippen LogP) is 1.59. The summed E-state index contributed by atoms with van der Waals surface area (Å²) < 4.78 is 1.67. The highest BCUT2D eigenvalue weighted by atomic mass is 32.1. The number of H-pyrrole nitrogens is 1. The SMILES string of the molecule is O=C(Cc1cccs1)N1CCC[C@@H](n2c(=O)[nH]c3cncnc32)C1. The minimum Gasteiger partial charge on any atom is -0.340 e. The monoisotopic (exact) mass is 343 g/mol. The molecular formula is C16H17N5O2S. The number of fused-ring (bicyclic) bond motifs is 1. The predicted molar refractivity (Wildman–Crippen MR) is 91.0 cm³/mol. The number of hydrogen-bond acceptors (Lipinski definition) is 5. The molecule has 0 spiro atoms. The summed E-state index contributed by atoms with van der Waals surface area (Å²) in [6.45, 7) is 1.29. The largest absolute Gasteiger partial charge is 0.340 e. The number of nitrogens with zero attached hydrogens (tertiary/aromatic N) is 4. The van der Waals surface area contributed by atoms with E-state index in [2.05, 4.69) is 15.0 Å². The number of nitrogens with one attached hydrogen (secondary N) is 1. The van der Waals surface area contributed by atoms with Gasteiger partial charge in [-0.2, -0.15) is 0 Å². The number of rotatable bonds is 3. The Kier molecular flexibility index (Phi) is 3.89. The molecule has 3 aromatic heterocycles. The van der Waals surface area contributed by atoms with Crippen molar-refractivity contribution in [2.75, 3.05) is 13.1 Å². The minimum absolute atomic E-state index is 0.0535. The number of piperidine rings is 1. The summed E-state index contributed by atoms with van der Waals surface area (Å²) in [7, 11) is 0. The van der Waals surface area contributed by atoms with Crippen LogP contribution in [0.4, 0.5) is 0 Å². The fraction of sp³-hybridized carbons (Fsp3) is 0.375. The van der Waals surface area contributed by atoms with Gasteiger partial charge in [0.05, 0.1) is 18.7 Å². The number of carbonyl (C=O) groups is 1. The van der Waals surface area contributed by atoms with Gasteiger partial charge in [0.2, 0.25) is 5.91 Å². The molecule has 7 nitrogen and oxygen atoms in total. The van der Waals surface area contributed by atoms with Crippen LogP contribution in [0.25, 0.3) is 11.2 Å². The molecule has 8 heteroatoms. The molecule has 1 aliphatic rings. The lowest BCUT2D eigenvalue weighted by atomic mass is 10.0. The molecule has 1 amide bonds. The van der Waals surface area contributed by atoms with Crippen LogP contribution in [0, 0.1) is 0 Å². The molecule has 1 fully saturated rings. The van der Waals surface area contributed by atoms with Gasteiger partial charge in [0.25, 0.3) is 0 Å². The van der Waals surface area contributed by atoms with E-state index >= 15 is 0 Å². The maximum Gasteiger partial charge on any atom is 0.328 e. The average molecular weight is 343 g/mol. The van der Waals surface area contributed by atoms with Gasteiger partial charge in [-0.1, -0.05) is 6.07 Å². The number of aromatic nitrogens is 4. The van der Waals surface area contributed by atoms with Crippen LogP contribution in [0.15, 0.2) is 34.8 Å². The van der Waals surface area contributed by atoms with E-state index in [1.54, 1.807) is 22.1 Å². The number of amides is 1. The van der Waals surface area contributed by atoms with Crippen molar-refractivity contribution in [3.05, 3.63) is 45.4 Å². The Balaban J connectivity index is 1.57. The maximum atomic E-state index is 12.5. The van der Waals surface area contributed by atoms with E-state index in [4.69, 9.17) is 0 Å². The Labute approximate surface area is 142 Å². The molecule has 0 radical (unpaired) electrons. The first-order valence-corrected chi connectivity index (χ1v) is 8.81. The van der Waals surface area contributed by atoms with E-state index in [1.807, 2.05) is 22.4 Å². The van der Waals surface area contributed by atoms with Crippen molar-refractivity contribution >= 4 is 28.4 Å². The summed E-state index contributed by atoms with van der Waals surface area (Å²) in [5.74, 6) is 0.115. The zero-order valence-electron chi connectivity index (χ0n) is 13.0. The average Bonchev–Trinajstić information content (AvgIpc) is 3.21. The van der Waals surface area contributed by atoms with Gasteiger partial charge in [0, 0.05) is 18.0 Å². The number of imidazole rings is 1. The Bertz CT molecular complexity index is 914. The quantitative estimate of drug-likeness (QED) is 0.783. The molecule has 1 N–H and O–H groups in total. The number of aromatic amines is 1. The third-order valence-corrected chi connectivity index (χ3v) is 5.28. The molecule has 1 saturated heterocycles. The molecule has 24 heavy (non-hydrogen) atoms. The highest BCUT2D eigenvalue weighted by Crippen LogP contribution is 2.23. The van der Waals surface area contributed by atoms with Crippen LogP contribution in [-0.2, 0) is 11.2 Å². The zero-order chi connectivity index (χ0) is 16.5. The van der Waals surface area contributed by atoms with Crippen LogP contribution >= 0.6 is 11.3 Å². The molecule has 1 atom stereocenters. The van der Waals surface area contributed by atoms with Gasteiger partial charge in [-0.05, 0) is 24.3 Å². The van der Waals surface area contributed by atoms with Crippen molar-refractivity contribution in [1.29, 1.82) is 0 Å². The molecule has 1 aliphatic heterocycles. The summed E-state index contributed by atoms with van der Waals surface area (Å²) in [5.41, 5.74) is 1.04. The first kappa shape index (κ1) is 15.1. The number of likely N-dealkylation sites (tertiary alicyclic amines) is 1. The minimum atomic E-state index is -0.192. The van der Waals surface area contributed by atoms with Crippen LogP contribution in [-0.4, -0.2) is 43.4 Å². The second kappa shape index (κ2) is 6.20. The molecular weight excluding hydrogens is 326 g/mol. The van der Waals surface area contributed by atoms with Crippen molar-refractivity contribution in [3.8, 4) is 0 Å². The first-order chi connectivity index (χ1) is 11.7. The van der Waals surface area contributed by atoms with E-state index in [0.29, 0.717) is 24.1 Å².